The van der Waals surface area contributed by atoms with Gasteiger partial charge in [0.25, 0.3) is 0 Å². The molecule has 3 N–H and O–H groups in total. The minimum atomic E-state index is -0.766. The van der Waals surface area contributed by atoms with Crippen molar-refractivity contribution in [1.82, 2.24) is 0 Å². The topological polar surface area (TPSA) is 72.5 Å². The first kappa shape index (κ1) is 27.1. The lowest BCUT2D eigenvalue weighted by Crippen LogP contribution is -2.63. The van der Waals surface area contributed by atoms with Crippen LogP contribution in [0.4, 0.5) is 0 Å². The van der Waals surface area contributed by atoms with Crippen molar-refractivity contribution >= 4 is 5.97 Å². The van der Waals surface area contributed by atoms with Crippen molar-refractivity contribution < 1.29 is 14.6 Å². The molecule has 0 amide bonds. The summed E-state index contributed by atoms with van der Waals surface area (Å²) in [6.07, 6.45) is 20.2. The number of aliphatic hydroxyl groups is 1. The van der Waals surface area contributed by atoms with Crippen LogP contribution in [-0.2, 0) is 9.53 Å². The summed E-state index contributed by atoms with van der Waals surface area (Å²) in [7, 11) is 1.43. The SMILES string of the molecule is COC(=O)C1(CO)CC=C(C2=CC[C@@]3(C)C(CC[C@@]4(C)C5CC[C@@]6(N)CCCC6[C@H]5CCC43)C2(C)C)CC1. The first-order valence-corrected chi connectivity index (χ1v) is 15.8. The summed E-state index contributed by atoms with van der Waals surface area (Å²) in [6, 6.07) is 0. The van der Waals surface area contributed by atoms with E-state index < -0.39 is 5.41 Å². The molecular formula is C34H53NO3. The van der Waals surface area contributed by atoms with Gasteiger partial charge in [0.2, 0.25) is 0 Å². The standard InChI is InChI=1S/C34H53NO3/c1-30(2)24(22-10-18-33(21-36,19-11-22)29(37)38-5)12-16-32(4)27(30)14-17-31(3)25-13-20-34(35)15-6-7-26(34)23(25)8-9-28(31)32/h10,12,23,25-28,36H,6-9,11,13-21,35H2,1-5H3/t23-,25?,26?,27?,28?,31-,32-,33?,34-/m0/s1. The number of hydrogen-bond acceptors (Lipinski definition) is 4. The molecule has 0 spiro atoms. The number of fused-ring (bicyclic) bond motifs is 7. The lowest BCUT2D eigenvalue weighted by atomic mass is 9.37. The number of rotatable bonds is 3. The Morgan fingerprint density at radius 2 is 1.71 bits per heavy atom. The summed E-state index contributed by atoms with van der Waals surface area (Å²) in [5, 5.41) is 10.1. The maximum Gasteiger partial charge on any atom is 0.314 e. The minimum absolute atomic E-state index is 0.117. The average Bonchev–Trinajstić information content (AvgIpc) is 3.30. The Balaban J connectivity index is 1.28. The number of carbonyl (C=O) groups excluding carboxylic acids is 1. The van der Waals surface area contributed by atoms with Crippen LogP contribution in [0.3, 0.4) is 0 Å². The highest BCUT2D eigenvalue weighted by atomic mass is 16.5. The van der Waals surface area contributed by atoms with E-state index in [1.165, 1.54) is 82.5 Å². The second-order valence-corrected chi connectivity index (χ2v) is 15.7. The lowest BCUT2D eigenvalue weighted by Gasteiger charge is -2.68. The van der Waals surface area contributed by atoms with Crippen molar-refractivity contribution in [3.63, 3.8) is 0 Å². The fourth-order valence-electron chi connectivity index (χ4n) is 12.2. The van der Waals surface area contributed by atoms with Gasteiger partial charge in [0.1, 0.15) is 0 Å². The van der Waals surface area contributed by atoms with Gasteiger partial charge in [-0.25, -0.2) is 0 Å². The second kappa shape index (κ2) is 8.93. The normalized spacial score (nSPS) is 49.5. The quantitative estimate of drug-likeness (QED) is 0.392. The number of methoxy groups -OCH3 is 1. The van der Waals surface area contributed by atoms with E-state index in [0.717, 1.165) is 30.1 Å². The fourth-order valence-corrected chi connectivity index (χ4v) is 12.2. The molecule has 9 atom stereocenters. The van der Waals surface area contributed by atoms with Crippen LogP contribution in [0.25, 0.3) is 0 Å². The van der Waals surface area contributed by atoms with E-state index in [2.05, 4.69) is 39.8 Å². The molecule has 6 rings (SSSR count). The van der Waals surface area contributed by atoms with E-state index in [1.807, 2.05) is 0 Å². The van der Waals surface area contributed by atoms with E-state index in [4.69, 9.17) is 10.5 Å². The largest absolute Gasteiger partial charge is 0.469 e. The highest BCUT2D eigenvalue weighted by Gasteiger charge is 2.65. The van der Waals surface area contributed by atoms with Crippen molar-refractivity contribution in [2.24, 2.45) is 57.0 Å². The van der Waals surface area contributed by atoms with Gasteiger partial charge in [-0.2, -0.15) is 0 Å². The number of allylic oxidation sites excluding steroid dienone is 4. The predicted molar refractivity (Wildman–Crippen MR) is 152 cm³/mol. The third kappa shape index (κ3) is 3.57. The Kier molecular flexibility index (Phi) is 6.36. The monoisotopic (exact) mass is 523 g/mol. The fraction of sp³-hybridized carbons (Fsp3) is 0.853. The van der Waals surface area contributed by atoms with Gasteiger partial charge in [-0.15, -0.1) is 0 Å². The number of carbonyl (C=O) groups is 1. The molecule has 0 heterocycles. The second-order valence-electron chi connectivity index (χ2n) is 15.7. The molecule has 4 fully saturated rings. The first-order valence-electron chi connectivity index (χ1n) is 15.8. The predicted octanol–water partition coefficient (Wildman–Crippen LogP) is 6.96. The van der Waals surface area contributed by atoms with Gasteiger partial charge < -0.3 is 15.6 Å². The van der Waals surface area contributed by atoms with Gasteiger partial charge in [0, 0.05) is 5.54 Å². The molecule has 0 aromatic heterocycles. The summed E-state index contributed by atoms with van der Waals surface area (Å²) in [5.41, 5.74) is 10.3. The smallest absolute Gasteiger partial charge is 0.314 e. The molecule has 38 heavy (non-hydrogen) atoms. The molecule has 0 saturated heterocycles. The number of aliphatic hydroxyl groups excluding tert-OH is 1. The summed E-state index contributed by atoms with van der Waals surface area (Å²) >= 11 is 0. The van der Waals surface area contributed by atoms with E-state index in [-0.39, 0.29) is 23.5 Å². The molecule has 5 unspecified atom stereocenters. The Morgan fingerprint density at radius 1 is 0.921 bits per heavy atom. The van der Waals surface area contributed by atoms with Gasteiger partial charge in [0.15, 0.2) is 0 Å². The summed E-state index contributed by atoms with van der Waals surface area (Å²) in [6.45, 7) is 10.2. The molecule has 0 bridgehead atoms. The number of ether oxygens (including phenoxy) is 1. The van der Waals surface area contributed by atoms with E-state index >= 15 is 0 Å². The molecule has 6 aliphatic carbocycles. The lowest BCUT2D eigenvalue weighted by molar-refractivity contribution is -0.173. The third-order valence-electron chi connectivity index (χ3n) is 14.0. The summed E-state index contributed by atoms with van der Waals surface area (Å²) < 4.78 is 5.07. The van der Waals surface area contributed by atoms with Crippen molar-refractivity contribution in [3.8, 4) is 0 Å². The molecule has 212 valence electrons. The van der Waals surface area contributed by atoms with Crippen molar-refractivity contribution in [1.29, 1.82) is 0 Å². The van der Waals surface area contributed by atoms with Gasteiger partial charge >= 0.3 is 5.97 Å². The molecule has 0 aromatic carbocycles. The van der Waals surface area contributed by atoms with Crippen molar-refractivity contribution in [3.05, 3.63) is 23.3 Å². The maximum absolute atomic E-state index is 12.5. The van der Waals surface area contributed by atoms with Crippen LogP contribution in [0.5, 0.6) is 0 Å². The van der Waals surface area contributed by atoms with E-state index in [0.29, 0.717) is 29.6 Å². The van der Waals surface area contributed by atoms with Crippen LogP contribution in [-0.4, -0.2) is 30.3 Å². The van der Waals surface area contributed by atoms with Gasteiger partial charge in [-0.1, -0.05) is 46.3 Å². The van der Waals surface area contributed by atoms with Gasteiger partial charge in [-0.05, 0) is 134 Å². The minimum Gasteiger partial charge on any atom is -0.469 e. The molecule has 4 heteroatoms. The Morgan fingerprint density at radius 3 is 2.39 bits per heavy atom. The van der Waals surface area contributed by atoms with Crippen molar-refractivity contribution in [2.75, 3.05) is 13.7 Å². The number of nitrogens with two attached hydrogens (primary N) is 1. The van der Waals surface area contributed by atoms with Crippen LogP contribution in [0.15, 0.2) is 23.3 Å². The number of esters is 1. The first-order chi connectivity index (χ1) is 18.0. The zero-order valence-electron chi connectivity index (χ0n) is 24.8. The molecule has 0 aliphatic heterocycles. The molecule has 4 saturated carbocycles. The van der Waals surface area contributed by atoms with Crippen LogP contribution in [0.2, 0.25) is 0 Å². The summed E-state index contributed by atoms with van der Waals surface area (Å²) in [4.78, 5) is 12.5. The van der Waals surface area contributed by atoms with Crippen LogP contribution < -0.4 is 5.73 Å². The highest BCUT2D eigenvalue weighted by molar-refractivity contribution is 5.77. The summed E-state index contributed by atoms with van der Waals surface area (Å²) in [5.74, 6) is 3.69. The zero-order chi connectivity index (χ0) is 27.1. The van der Waals surface area contributed by atoms with E-state index in [9.17, 15) is 9.90 Å². The van der Waals surface area contributed by atoms with Crippen LogP contribution in [0, 0.1) is 51.2 Å². The average molecular weight is 524 g/mol. The number of hydrogen-bond donors (Lipinski definition) is 2. The molecule has 0 radical (unpaired) electrons. The van der Waals surface area contributed by atoms with Crippen LogP contribution in [0.1, 0.15) is 111 Å². The van der Waals surface area contributed by atoms with Crippen LogP contribution >= 0.6 is 0 Å². The van der Waals surface area contributed by atoms with E-state index in [1.54, 1.807) is 0 Å². The Labute approximate surface area is 231 Å². The third-order valence-corrected chi connectivity index (χ3v) is 14.0. The molecule has 6 aliphatic rings. The molecule has 0 aromatic rings. The molecular weight excluding hydrogens is 470 g/mol. The Bertz CT molecular complexity index is 1040. The van der Waals surface area contributed by atoms with Gasteiger partial charge in [0.05, 0.1) is 19.1 Å². The molecule has 4 nitrogen and oxygen atoms in total. The zero-order valence-corrected chi connectivity index (χ0v) is 24.8. The van der Waals surface area contributed by atoms with Gasteiger partial charge in [-0.3, -0.25) is 4.79 Å². The highest BCUT2D eigenvalue weighted by Crippen LogP contribution is 2.72. The maximum atomic E-state index is 12.5. The Hall–Kier alpha value is -1.13. The van der Waals surface area contributed by atoms with Crippen molar-refractivity contribution in [2.45, 2.75) is 117 Å².